The Bertz CT molecular complexity index is 1840. The average Bonchev–Trinajstić information content (AvgIpc) is 3.40. The van der Waals surface area contributed by atoms with Gasteiger partial charge in [0.2, 0.25) is 17.7 Å². The molecule has 3 atom stereocenters. The Labute approximate surface area is 263 Å². The van der Waals surface area contributed by atoms with Crippen molar-refractivity contribution in [3.8, 4) is 0 Å². The number of nitrogens with zero attached hydrogens (tertiary/aromatic N) is 2. The van der Waals surface area contributed by atoms with Gasteiger partial charge in [0.05, 0.1) is 22.2 Å². The number of imide groups is 1. The van der Waals surface area contributed by atoms with Crippen molar-refractivity contribution in [3.05, 3.63) is 108 Å². The zero-order chi connectivity index (χ0) is 30.6. The number of amides is 3. The lowest BCUT2D eigenvalue weighted by atomic mass is 9.83. The lowest BCUT2D eigenvalue weighted by Crippen LogP contribution is -2.33. The number of thiazole rings is 1. The van der Waals surface area contributed by atoms with Crippen molar-refractivity contribution in [3.63, 3.8) is 0 Å². The van der Waals surface area contributed by atoms with Gasteiger partial charge in [-0.15, -0.1) is 0 Å². The van der Waals surface area contributed by atoms with E-state index in [2.05, 4.69) is 21.2 Å². The summed E-state index contributed by atoms with van der Waals surface area (Å²) < 4.78 is 42.4. The predicted octanol–water partition coefficient (Wildman–Crippen LogP) is 6.78. The van der Waals surface area contributed by atoms with Crippen LogP contribution in [0.1, 0.15) is 21.9 Å². The molecule has 7 nitrogen and oxygen atoms in total. The predicted molar refractivity (Wildman–Crippen MR) is 162 cm³/mol. The topological polar surface area (TPSA) is 88.5 Å². The van der Waals surface area contributed by atoms with E-state index in [1.807, 2.05) is 0 Å². The normalized spacial score (nSPS) is 19.7. The molecule has 0 aliphatic carbocycles. The summed E-state index contributed by atoms with van der Waals surface area (Å²) >= 11 is 11.2. The third-order valence-corrected chi connectivity index (χ3v) is 10.5. The van der Waals surface area contributed by atoms with E-state index >= 15 is 0 Å². The van der Waals surface area contributed by atoms with Crippen molar-refractivity contribution in [2.75, 3.05) is 10.2 Å². The van der Waals surface area contributed by atoms with Crippen molar-refractivity contribution in [2.45, 2.75) is 28.9 Å². The minimum atomic E-state index is -4.67. The number of carbonyl (C=O) groups excluding carboxylic acids is 3. The van der Waals surface area contributed by atoms with Crippen LogP contribution in [0, 0.1) is 5.92 Å². The Hall–Kier alpha value is -3.39. The summed E-state index contributed by atoms with van der Waals surface area (Å²) in [4.78, 5) is 54.8. The Morgan fingerprint density at radius 1 is 0.977 bits per heavy atom. The van der Waals surface area contributed by atoms with Crippen LogP contribution in [0.25, 0.3) is 0 Å². The van der Waals surface area contributed by atoms with Gasteiger partial charge in [-0.2, -0.15) is 13.2 Å². The number of alkyl halides is 3. The van der Waals surface area contributed by atoms with Crippen LogP contribution in [0.3, 0.4) is 0 Å². The van der Waals surface area contributed by atoms with Gasteiger partial charge < -0.3 is 5.32 Å². The lowest BCUT2D eigenvalue weighted by molar-refractivity contribution is -0.137. The van der Waals surface area contributed by atoms with Gasteiger partial charge in [-0.3, -0.25) is 23.7 Å². The molecule has 220 valence electrons. The smallest absolute Gasteiger partial charge is 0.325 e. The number of rotatable bonds is 5. The maximum Gasteiger partial charge on any atom is 0.416 e. The highest BCUT2D eigenvalue weighted by molar-refractivity contribution is 9.10. The number of anilines is 2. The highest BCUT2D eigenvalue weighted by Crippen LogP contribution is 2.54. The molecule has 43 heavy (non-hydrogen) atoms. The van der Waals surface area contributed by atoms with Crippen molar-refractivity contribution >= 4 is 79.7 Å². The van der Waals surface area contributed by atoms with E-state index in [0.717, 1.165) is 46.2 Å². The molecule has 2 aliphatic rings. The zero-order valence-electron chi connectivity index (χ0n) is 21.6. The fourth-order valence-corrected chi connectivity index (χ4v) is 8.58. The van der Waals surface area contributed by atoms with E-state index in [1.165, 1.54) is 10.6 Å². The Balaban J connectivity index is 1.41. The minimum Gasteiger partial charge on any atom is -0.325 e. The fourth-order valence-electron chi connectivity index (χ4n) is 5.27. The first-order valence-electron chi connectivity index (χ1n) is 12.7. The largest absolute Gasteiger partial charge is 0.416 e. The number of fused-ring (bicyclic) bond motifs is 2. The van der Waals surface area contributed by atoms with Crippen LogP contribution in [0.5, 0.6) is 0 Å². The van der Waals surface area contributed by atoms with Gasteiger partial charge in [0.15, 0.2) is 0 Å². The van der Waals surface area contributed by atoms with Crippen LogP contribution >= 0.6 is 50.6 Å². The van der Waals surface area contributed by atoms with E-state index in [4.69, 9.17) is 11.6 Å². The molecule has 0 spiro atoms. The SMILES string of the molecule is O=C(Cn1c2c(sc1=O)[C@H](c1cccc(Br)c1)C1C(=O)N(c3cccc(C(F)(F)F)c3)C(=O)C1S2)Nc1ccc(Cl)cc1. The van der Waals surface area contributed by atoms with Gasteiger partial charge in [-0.1, -0.05) is 68.8 Å². The highest BCUT2D eigenvalue weighted by Gasteiger charge is 2.57. The second-order valence-electron chi connectivity index (χ2n) is 9.84. The van der Waals surface area contributed by atoms with Crippen molar-refractivity contribution in [1.29, 1.82) is 0 Å². The summed E-state index contributed by atoms with van der Waals surface area (Å²) in [6.45, 7) is -0.359. The first-order valence-corrected chi connectivity index (χ1v) is 15.5. The van der Waals surface area contributed by atoms with Crippen molar-refractivity contribution in [1.82, 2.24) is 4.57 Å². The van der Waals surface area contributed by atoms with E-state index in [-0.39, 0.29) is 12.2 Å². The summed E-state index contributed by atoms with van der Waals surface area (Å²) in [5.74, 6) is -3.61. The van der Waals surface area contributed by atoms with Crippen LogP contribution in [-0.4, -0.2) is 27.5 Å². The summed E-state index contributed by atoms with van der Waals surface area (Å²) in [5.41, 5.74) is -0.0660. The molecule has 0 radical (unpaired) electrons. The van der Waals surface area contributed by atoms with Crippen LogP contribution < -0.4 is 15.1 Å². The zero-order valence-corrected chi connectivity index (χ0v) is 25.6. The maximum atomic E-state index is 13.9. The second kappa shape index (κ2) is 11.3. The quantitative estimate of drug-likeness (QED) is 0.231. The highest BCUT2D eigenvalue weighted by atomic mass is 79.9. The molecule has 3 heterocycles. The van der Waals surface area contributed by atoms with E-state index < -0.39 is 51.4 Å². The number of carbonyl (C=O) groups is 3. The maximum absolute atomic E-state index is 13.9. The first-order chi connectivity index (χ1) is 20.4. The summed E-state index contributed by atoms with van der Waals surface area (Å²) in [7, 11) is 0. The standard InChI is InChI=1S/C29H18BrClF3N3O4S2/c30-16-5-1-3-14(11-16)21-22-23(26(40)37(25(22)39)19-6-2-4-15(12-19)29(32,33)34)42-27-24(21)43-28(41)36(27)13-20(38)35-18-9-7-17(31)8-10-18/h1-12,21-23H,13H2,(H,35,38)/t21-,22?,23?/m1/s1. The number of halogens is 5. The van der Waals surface area contributed by atoms with Gasteiger partial charge in [-0.05, 0) is 60.2 Å². The molecule has 1 N–H and O–H groups in total. The molecule has 1 aromatic heterocycles. The van der Waals surface area contributed by atoms with Gasteiger partial charge >= 0.3 is 11.0 Å². The summed E-state index contributed by atoms with van der Waals surface area (Å²) in [5, 5.41) is 2.51. The number of nitrogens with one attached hydrogen (secondary N) is 1. The van der Waals surface area contributed by atoms with Crippen molar-refractivity contribution in [2.24, 2.45) is 5.92 Å². The minimum absolute atomic E-state index is 0.184. The van der Waals surface area contributed by atoms with Gasteiger partial charge in [0.25, 0.3) is 0 Å². The number of thioether (sulfide) groups is 1. The van der Waals surface area contributed by atoms with Crippen LogP contribution in [0.15, 0.2) is 87.1 Å². The van der Waals surface area contributed by atoms with Gasteiger partial charge in [-0.25, -0.2) is 4.90 Å². The molecular formula is C29H18BrClF3N3O4S2. The summed E-state index contributed by atoms with van der Waals surface area (Å²) in [6, 6.07) is 17.6. The number of benzene rings is 3. The van der Waals surface area contributed by atoms with Gasteiger partial charge in [0, 0.05) is 26.0 Å². The molecular weight excluding hydrogens is 691 g/mol. The Morgan fingerprint density at radius 3 is 2.40 bits per heavy atom. The lowest BCUT2D eigenvalue weighted by Gasteiger charge is -2.30. The molecule has 0 bridgehead atoms. The Kier molecular flexibility index (Phi) is 7.78. The Morgan fingerprint density at radius 2 is 1.70 bits per heavy atom. The molecule has 2 aliphatic heterocycles. The third kappa shape index (κ3) is 5.54. The fraction of sp³-hybridized carbons (Fsp3) is 0.172. The van der Waals surface area contributed by atoms with E-state index in [1.54, 1.807) is 48.5 Å². The molecule has 3 amide bonds. The number of hydrogen-bond acceptors (Lipinski definition) is 6. The molecule has 3 aromatic carbocycles. The third-order valence-electron chi connectivity index (χ3n) is 7.12. The second-order valence-corrected chi connectivity index (χ2v) is 13.3. The van der Waals surface area contributed by atoms with Crippen LogP contribution in [0.4, 0.5) is 24.5 Å². The average molecular weight is 709 g/mol. The van der Waals surface area contributed by atoms with E-state index in [9.17, 15) is 32.3 Å². The molecule has 1 saturated heterocycles. The number of hydrogen-bond donors (Lipinski definition) is 1. The molecule has 1 fully saturated rings. The van der Waals surface area contributed by atoms with Gasteiger partial charge in [0.1, 0.15) is 11.8 Å². The molecule has 6 rings (SSSR count). The monoisotopic (exact) mass is 707 g/mol. The van der Waals surface area contributed by atoms with Crippen molar-refractivity contribution < 1.29 is 27.6 Å². The van der Waals surface area contributed by atoms with Crippen LogP contribution in [-0.2, 0) is 27.1 Å². The number of aromatic nitrogens is 1. The first kappa shape index (κ1) is 29.7. The van der Waals surface area contributed by atoms with Crippen LogP contribution in [0.2, 0.25) is 5.02 Å². The molecule has 2 unspecified atom stereocenters. The molecule has 14 heteroatoms. The molecule has 4 aromatic rings. The molecule has 0 saturated carbocycles. The van der Waals surface area contributed by atoms with E-state index in [0.29, 0.717) is 30.6 Å². The summed E-state index contributed by atoms with van der Waals surface area (Å²) in [6.07, 6.45) is -4.67.